The Morgan fingerprint density at radius 1 is 1.05 bits per heavy atom. The van der Waals surface area contributed by atoms with Crippen molar-refractivity contribution >= 4 is 0 Å². The highest BCUT2D eigenvalue weighted by atomic mass is 16.6. The number of aliphatic hydroxyl groups is 2. The maximum atomic E-state index is 9.04. The molecule has 2 rings (SSSR count). The van der Waals surface area contributed by atoms with Crippen LogP contribution < -0.4 is 0 Å². The predicted molar refractivity (Wildman–Crippen MR) is 76.7 cm³/mol. The summed E-state index contributed by atoms with van der Waals surface area (Å²) in [7, 11) is 0. The van der Waals surface area contributed by atoms with Crippen molar-refractivity contribution in [3.63, 3.8) is 0 Å². The van der Waals surface area contributed by atoms with Gasteiger partial charge in [0.1, 0.15) is 12.2 Å². The van der Waals surface area contributed by atoms with Crippen molar-refractivity contribution in [2.45, 2.75) is 51.7 Å². The fourth-order valence-corrected chi connectivity index (χ4v) is 1.82. The van der Waals surface area contributed by atoms with Gasteiger partial charge >= 0.3 is 0 Å². The Morgan fingerprint density at radius 2 is 1.55 bits per heavy atom. The molecule has 0 radical (unpaired) electrons. The van der Waals surface area contributed by atoms with Crippen LogP contribution >= 0.6 is 0 Å². The van der Waals surface area contributed by atoms with Crippen LogP contribution in [0.25, 0.3) is 0 Å². The summed E-state index contributed by atoms with van der Waals surface area (Å²) in [5.74, 6) is 0. The molecule has 2 aliphatic rings. The van der Waals surface area contributed by atoms with Crippen LogP contribution in [-0.2, 0) is 14.2 Å². The van der Waals surface area contributed by atoms with Gasteiger partial charge in [-0.3, -0.25) is 0 Å². The van der Waals surface area contributed by atoms with Crippen molar-refractivity contribution in [2.75, 3.05) is 39.6 Å². The average Bonchev–Trinajstić information content (AvgIpc) is 3.37. The average molecular weight is 290 g/mol. The molecule has 0 aromatic rings. The molecule has 5 nitrogen and oxygen atoms in total. The smallest absolute Gasteiger partial charge is 0.104 e. The minimum Gasteiger partial charge on any atom is -0.396 e. The number of hydrogen-bond acceptors (Lipinski definition) is 5. The van der Waals surface area contributed by atoms with E-state index in [1.54, 1.807) is 0 Å². The first-order chi connectivity index (χ1) is 9.69. The third kappa shape index (κ3) is 7.55. The first-order valence-electron chi connectivity index (χ1n) is 7.72. The Hall–Kier alpha value is -0.200. The van der Waals surface area contributed by atoms with Gasteiger partial charge in [-0.1, -0.05) is 26.7 Å². The van der Waals surface area contributed by atoms with E-state index >= 15 is 0 Å². The van der Waals surface area contributed by atoms with E-state index in [0.29, 0.717) is 12.2 Å². The Morgan fingerprint density at radius 3 is 1.85 bits per heavy atom. The zero-order chi connectivity index (χ0) is 14.8. The van der Waals surface area contributed by atoms with Crippen molar-refractivity contribution in [1.82, 2.24) is 0 Å². The van der Waals surface area contributed by atoms with Crippen LogP contribution in [-0.4, -0.2) is 62.1 Å². The molecular formula is C15H30O5. The standard InChI is InChI=1S/C9H20O2.C6H10O3/c1-3-5-6-9(4-2,7-10)8-11;1(5-3-8-5)7-2-6-4-9-6/h10-11H,3-8H2,1-2H3;5-6H,1-4H2. The normalized spacial score (nSPS) is 24.0. The number of unbranched alkanes of at least 4 members (excludes halogenated alkanes) is 1. The second-order valence-electron chi connectivity index (χ2n) is 5.72. The fraction of sp³-hybridized carbons (Fsp3) is 1.00. The van der Waals surface area contributed by atoms with E-state index in [0.717, 1.165) is 52.1 Å². The molecule has 2 saturated heterocycles. The van der Waals surface area contributed by atoms with Gasteiger partial charge in [0.2, 0.25) is 0 Å². The maximum Gasteiger partial charge on any atom is 0.104 e. The molecule has 20 heavy (non-hydrogen) atoms. The Bertz CT molecular complexity index is 214. The van der Waals surface area contributed by atoms with E-state index < -0.39 is 0 Å². The van der Waals surface area contributed by atoms with Crippen LogP contribution in [0.3, 0.4) is 0 Å². The van der Waals surface area contributed by atoms with Gasteiger partial charge in [-0.2, -0.15) is 0 Å². The lowest BCUT2D eigenvalue weighted by atomic mass is 9.82. The molecule has 0 aromatic carbocycles. The van der Waals surface area contributed by atoms with Crippen LogP contribution in [0.5, 0.6) is 0 Å². The van der Waals surface area contributed by atoms with Crippen LogP contribution in [0.2, 0.25) is 0 Å². The summed E-state index contributed by atoms with van der Waals surface area (Å²) in [4.78, 5) is 0. The highest BCUT2D eigenvalue weighted by Gasteiger charge is 2.26. The molecule has 2 N–H and O–H groups in total. The number of ether oxygens (including phenoxy) is 3. The monoisotopic (exact) mass is 290 g/mol. The molecule has 2 unspecified atom stereocenters. The van der Waals surface area contributed by atoms with Gasteiger partial charge in [-0.25, -0.2) is 0 Å². The van der Waals surface area contributed by atoms with Crippen LogP contribution in [0, 0.1) is 5.41 Å². The predicted octanol–water partition coefficient (Wildman–Crippen LogP) is 1.36. The molecule has 2 atom stereocenters. The van der Waals surface area contributed by atoms with Gasteiger partial charge in [0.25, 0.3) is 0 Å². The van der Waals surface area contributed by atoms with Crippen molar-refractivity contribution in [3.05, 3.63) is 0 Å². The van der Waals surface area contributed by atoms with Gasteiger partial charge in [0, 0.05) is 5.41 Å². The van der Waals surface area contributed by atoms with E-state index in [4.69, 9.17) is 24.4 Å². The lowest BCUT2D eigenvalue weighted by molar-refractivity contribution is 0.0420. The van der Waals surface area contributed by atoms with Gasteiger partial charge in [-0.15, -0.1) is 0 Å². The number of rotatable bonds is 10. The molecule has 0 amide bonds. The number of epoxide rings is 2. The Balaban J connectivity index is 0.000000202. The molecule has 0 aromatic heterocycles. The van der Waals surface area contributed by atoms with Crippen LogP contribution in [0.4, 0.5) is 0 Å². The quantitative estimate of drug-likeness (QED) is 0.594. The molecule has 120 valence electrons. The van der Waals surface area contributed by atoms with Crippen molar-refractivity contribution < 1.29 is 24.4 Å². The van der Waals surface area contributed by atoms with Gasteiger partial charge in [-0.05, 0) is 12.8 Å². The third-order valence-corrected chi connectivity index (χ3v) is 3.89. The highest BCUT2D eigenvalue weighted by molar-refractivity contribution is 4.75. The second-order valence-corrected chi connectivity index (χ2v) is 5.72. The van der Waals surface area contributed by atoms with E-state index in [2.05, 4.69) is 6.92 Å². The molecule has 0 aliphatic carbocycles. The molecule has 0 bridgehead atoms. The van der Waals surface area contributed by atoms with Crippen molar-refractivity contribution in [1.29, 1.82) is 0 Å². The van der Waals surface area contributed by atoms with Crippen LogP contribution in [0.15, 0.2) is 0 Å². The summed E-state index contributed by atoms with van der Waals surface area (Å²) in [5, 5.41) is 18.1. The SMILES string of the molecule is C(OCC1CO1)C1CO1.CCCCC(CC)(CO)CO. The largest absolute Gasteiger partial charge is 0.396 e. The zero-order valence-electron chi connectivity index (χ0n) is 12.8. The molecule has 0 saturated carbocycles. The lowest BCUT2D eigenvalue weighted by Crippen LogP contribution is -2.28. The Labute approximate surface area is 122 Å². The lowest BCUT2D eigenvalue weighted by Gasteiger charge is -2.27. The summed E-state index contributed by atoms with van der Waals surface area (Å²) in [6.45, 7) is 7.62. The van der Waals surface area contributed by atoms with Crippen molar-refractivity contribution in [2.24, 2.45) is 5.41 Å². The van der Waals surface area contributed by atoms with Crippen molar-refractivity contribution in [3.8, 4) is 0 Å². The Kier molecular flexibility index (Phi) is 8.64. The van der Waals surface area contributed by atoms with E-state index in [1.807, 2.05) is 6.92 Å². The first kappa shape index (κ1) is 17.9. The second kappa shape index (κ2) is 9.68. The van der Waals surface area contributed by atoms with Crippen LogP contribution in [0.1, 0.15) is 39.5 Å². The van der Waals surface area contributed by atoms with Gasteiger partial charge < -0.3 is 24.4 Å². The minimum atomic E-state index is -0.212. The van der Waals surface area contributed by atoms with E-state index in [-0.39, 0.29) is 18.6 Å². The molecule has 2 aliphatic heterocycles. The van der Waals surface area contributed by atoms with Gasteiger partial charge in [0.15, 0.2) is 0 Å². The summed E-state index contributed by atoms with van der Waals surface area (Å²) in [6, 6.07) is 0. The molecule has 2 heterocycles. The highest BCUT2D eigenvalue weighted by Crippen LogP contribution is 2.27. The fourth-order valence-electron chi connectivity index (χ4n) is 1.82. The molecular weight excluding hydrogens is 260 g/mol. The summed E-state index contributed by atoms with van der Waals surface area (Å²) in [5.41, 5.74) is -0.212. The number of hydrogen-bond donors (Lipinski definition) is 2. The summed E-state index contributed by atoms with van der Waals surface area (Å²) >= 11 is 0. The topological polar surface area (TPSA) is 74.8 Å². The molecule has 2 fully saturated rings. The summed E-state index contributed by atoms with van der Waals surface area (Å²) < 4.78 is 15.1. The minimum absolute atomic E-state index is 0.111. The maximum absolute atomic E-state index is 9.04. The van der Waals surface area contributed by atoms with Gasteiger partial charge in [0.05, 0.1) is 39.6 Å². The van der Waals surface area contributed by atoms with E-state index in [1.165, 1.54) is 0 Å². The van der Waals surface area contributed by atoms with E-state index in [9.17, 15) is 0 Å². The number of aliphatic hydroxyl groups excluding tert-OH is 2. The molecule has 0 spiro atoms. The first-order valence-corrected chi connectivity index (χ1v) is 7.72. The summed E-state index contributed by atoms with van der Waals surface area (Å²) in [6.07, 6.45) is 4.80. The molecule has 5 heteroatoms. The zero-order valence-corrected chi connectivity index (χ0v) is 12.8. The third-order valence-electron chi connectivity index (χ3n) is 3.89.